The molecule has 5 atom stereocenters. The first kappa shape index (κ1) is 28.3. The number of rotatable bonds is 6. The third kappa shape index (κ3) is 4.27. The van der Waals surface area contributed by atoms with Crippen LogP contribution in [0.2, 0.25) is 0 Å². The smallest absolute Gasteiger partial charge is 0.416 e. The van der Waals surface area contributed by atoms with Gasteiger partial charge in [0.1, 0.15) is 11.7 Å². The second kappa shape index (κ2) is 9.74. The number of nitrogens with zero attached hydrogens (tertiary/aromatic N) is 2. The fraction of sp³-hybridized carbons (Fsp3) is 0.515. The first-order valence-corrected chi connectivity index (χ1v) is 15.0. The molecule has 43 heavy (non-hydrogen) atoms. The van der Waals surface area contributed by atoms with Gasteiger partial charge in [-0.3, -0.25) is 14.5 Å². The topological polar surface area (TPSA) is 79.3 Å². The Bertz CT molecular complexity index is 1520. The number of carbonyl (C=O) groups is 2. The highest BCUT2D eigenvalue weighted by molar-refractivity contribution is 5.92. The molecule has 3 aliphatic carbocycles. The van der Waals surface area contributed by atoms with E-state index in [0.29, 0.717) is 37.4 Å². The number of hydrogen-bond donors (Lipinski definition) is 1. The van der Waals surface area contributed by atoms with Crippen molar-refractivity contribution in [3.8, 4) is 11.5 Å². The van der Waals surface area contributed by atoms with Crippen LogP contribution < -0.4 is 4.74 Å². The van der Waals surface area contributed by atoms with Crippen molar-refractivity contribution in [3.63, 3.8) is 0 Å². The fourth-order valence-corrected chi connectivity index (χ4v) is 8.55. The van der Waals surface area contributed by atoms with Gasteiger partial charge in [0.25, 0.3) is 0 Å². The SMILES string of the molecule is CC(=O)O[C@@]12CC[C@@H](N(C)C(=O)C=Cc3cccc(C(F)(F)F)c3)[C@@H]3Oc4c(O)ccc5c4[C@@]31CCN(CC1CC1)[C@@H]2C5. The van der Waals surface area contributed by atoms with E-state index in [-0.39, 0.29) is 29.2 Å². The summed E-state index contributed by atoms with van der Waals surface area (Å²) in [4.78, 5) is 30.4. The highest BCUT2D eigenvalue weighted by Crippen LogP contribution is 2.67. The molecule has 0 aromatic heterocycles. The summed E-state index contributed by atoms with van der Waals surface area (Å²) in [7, 11) is 1.68. The molecule has 1 saturated heterocycles. The zero-order valence-corrected chi connectivity index (χ0v) is 24.2. The number of alkyl halides is 3. The number of piperidine rings is 1. The lowest BCUT2D eigenvalue weighted by molar-refractivity contribution is -0.223. The molecule has 2 aromatic carbocycles. The van der Waals surface area contributed by atoms with Gasteiger partial charge in [0.2, 0.25) is 5.91 Å². The molecule has 1 amide bonds. The molecule has 5 aliphatic rings. The molecule has 2 aliphatic heterocycles. The number of phenolic OH excluding ortho intramolecular Hbond substituents is 1. The molecule has 2 saturated carbocycles. The number of hydrogen-bond acceptors (Lipinski definition) is 6. The molecule has 7 rings (SSSR count). The Hall–Kier alpha value is -3.53. The van der Waals surface area contributed by atoms with Crippen molar-refractivity contribution in [1.82, 2.24) is 9.80 Å². The minimum absolute atomic E-state index is 0.0234. The standard InChI is InChI=1S/C33H35F3N2O5/c1-19(39)43-32-13-12-24(37(2)27(41)11-8-20-4-3-5-23(16-20)33(34,35)36)30-31(32)14-15-38(18-21-6-7-21)26(32)17-22-9-10-25(40)29(42-30)28(22)31/h3-5,8-11,16,21,24,26,30,40H,6-7,12-15,17-18H2,1-2H3/t24-,26-,30+,31+,32-/m1/s1. The van der Waals surface area contributed by atoms with E-state index in [4.69, 9.17) is 9.47 Å². The lowest BCUT2D eigenvalue weighted by Gasteiger charge is -2.65. The summed E-state index contributed by atoms with van der Waals surface area (Å²) >= 11 is 0. The van der Waals surface area contributed by atoms with Gasteiger partial charge in [0.05, 0.1) is 23.1 Å². The maximum Gasteiger partial charge on any atom is 0.416 e. The van der Waals surface area contributed by atoms with Crippen LogP contribution in [0, 0.1) is 5.92 Å². The molecule has 7 nitrogen and oxygen atoms in total. The largest absolute Gasteiger partial charge is 0.504 e. The number of aromatic hydroxyl groups is 1. The van der Waals surface area contributed by atoms with Gasteiger partial charge in [0, 0.05) is 32.2 Å². The summed E-state index contributed by atoms with van der Waals surface area (Å²) in [6, 6.07) is 7.97. The Morgan fingerprint density at radius 3 is 2.70 bits per heavy atom. The Morgan fingerprint density at radius 2 is 1.98 bits per heavy atom. The van der Waals surface area contributed by atoms with Crippen LogP contribution >= 0.6 is 0 Å². The van der Waals surface area contributed by atoms with Crippen molar-refractivity contribution in [3.05, 3.63) is 64.7 Å². The van der Waals surface area contributed by atoms with Crippen LogP contribution in [0.1, 0.15) is 61.3 Å². The highest BCUT2D eigenvalue weighted by Gasteiger charge is 2.75. The minimum Gasteiger partial charge on any atom is -0.504 e. The van der Waals surface area contributed by atoms with E-state index < -0.39 is 34.9 Å². The molecule has 1 spiro atoms. The number of esters is 1. The first-order chi connectivity index (χ1) is 20.4. The molecule has 3 fully saturated rings. The number of benzene rings is 2. The number of amides is 1. The van der Waals surface area contributed by atoms with Gasteiger partial charge >= 0.3 is 12.1 Å². The van der Waals surface area contributed by atoms with Crippen molar-refractivity contribution in [1.29, 1.82) is 0 Å². The summed E-state index contributed by atoms with van der Waals surface area (Å²) in [5.41, 5.74) is -0.181. The lowest BCUT2D eigenvalue weighted by Crippen LogP contribution is -2.79. The van der Waals surface area contributed by atoms with E-state index in [1.165, 1.54) is 44.1 Å². The minimum atomic E-state index is -4.48. The van der Waals surface area contributed by atoms with Crippen LogP contribution in [-0.2, 0) is 32.3 Å². The molecule has 1 N–H and O–H groups in total. The molecular formula is C33H35F3N2O5. The second-order valence-electron chi connectivity index (χ2n) is 12.9. The number of likely N-dealkylation sites (N-methyl/N-ethyl adjacent to an activating group) is 1. The van der Waals surface area contributed by atoms with Crippen LogP contribution in [0.25, 0.3) is 6.08 Å². The Morgan fingerprint density at radius 1 is 1.19 bits per heavy atom. The first-order valence-electron chi connectivity index (χ1n) is 15.0. The normalized spacial score (nSPS) is 31.0. The third-order valence-corrected chi connectivity index (χ3v) is 10.5. The van der Waals surface area contributed by atoms with Crippen molar-refractivity contribution >= 4 is 18.0 Å². The van der Waals surface area contributed by atoms with Crippen LogP contribution in [0.15, 0.2) is 42.5 Å². The highest BCUT2D eigenvalue weighted by atomic mass is 19.4. The number of likely N-dealkylation sites (tertiary alicyclic amines) is 1. The van der Waals surface area contributed by atoms with Crippen LogP contribution in [0.5, 0.6) is 11.5 Å². The number of carbonyl (C=O) groups excluding carboxylic acids is 2. The van der Waals surface area contributed by atoms with Gasteiger partial charge in [-0.15, -0.1) is 0 Å². The zero-order chi connectivity index (χ0) is 30.3. The Labute approximate surface area is 248 Å². The summed E-state index contributed by atoms with van der Waals surface area (Å²) < 4.78 is 52.7. The lowest BCUT2D eigenvalue weighted by atomic mass is 9.48. The van der Waals surface area contributed by atoms with Crippen LogP contribution in [0.3, 0.4) is 0 Å². The molecule has 2 aromatic rings. The van der Waals surface area contributed by atoms with E-state index in [1.807, 2.05) is 6.07 Å². The van der Waals surface area contributed by atoms with Crippen LogP contribution in [-0.4, -0.2) is 70.7 Å². The van der Waals surface area contributed by atoms with Gasteiger partial charge in [-0.1, -0.05) is 18.2 Å². The van der Waals surface area contributed by atoms with E-state index in [2.05, 4.69) is 4.90 Å². The van der Waals surface area contributed by atoms with E-state index in [1.54, 1.807) is 18.0 Å². The summed E-state index contributed by atoms with van der Waals surface area (Å²) in [5.74, 6) is 0.344. The summed E-state index contributed by atoms with van der Waals surface area (Å²) in [5, 5.41) is 11.0. The van der Waals surface area contributed by atoms with Gasteiger partial charge in [-0.25, -0.2) is 0 Å². The van der Waals surface area contributed by atoms with E-state index >= 15 is 0 Å². The number of phenols is 1. The zero-order valence-electron chi connectivity index (χ0n) is 24.2. The third-order valence-electron chi connectivity index (χ3n) is 10.5. The average Bonchev–Trinajstić information content (AvgIpc) is 3.70. The van der Waals surface area contributed by atoms with Gasteiger partial charge in [-0.05, 0) is 86.4 Å². The Kier molecular flexibility index (Phi) is 6.40. The summed E-state index contributed by atoms with van der Waals surface area (Å²) in [6.45, 7) is 3.19. The maximum absolute atomic E-state index is 13.5. The van der Waals surface area contributed by atoms with Crippen molar-refractivity contribution in [2.24, 2.45) is 5.92 Å². The van der Waals surface area contributed by atoms with Gasteiger partial charge in [-0.2, -0.15) is 13.2 Å². The number of halogens is 3. The second-order valence-corrected chi connectivity index (χ2v) is 12.9. The average molecular weight is 597 g/mol. The van der Waals surface area contributed by atoms with Crippen LogP contribution in [0.4, 0.5) is 13.2 Å². The van der Waals surface area contributed by atoms with E-state index in [9.17, 15) is 27.9 Å². The molecule has 2 bridgehead atoms. The Balaban J connectivity index is 1.25. The molecule has 10 heteroatoms. The molecule has 228 valence electrons. The summed E-state index contributed by atoms with van der Waals surface area (Å²) in [6.07, 6.45) is 2.37. The van der Waals surface area contributed by atoms with E-state index in [0.717, 1.165) is 36.3 Å². The molecule has 2 heterocycles. The predicted molar refractivity (Wildman–Crippen MR) is 151 cm³/mol. The van der Waals surface area contributed by atoms with Crippen molar-refractivity contribution in [2.45, 2.75) is 80.8 Å². The van der Waals surface area contributed by atoms with Crippen molar-refractivity contribution < 1.29 is 37.3 Å². The molecule has 0 unspecified atom stereocenters. The quantitative estimate of drug-likeness (QED) is 0.370. The van der Waals surface area contributed by atoms with Gasteiger partial charge in [0.15, 0.2) is 11.5 Å². The molecule has 0 radical (unpaired) electrons. The van der Waals surface area contributed by atoms with Gasteiger partial charge < -0.3 is 19.5 Å². The predicted octanol–water partition coefficient (Wildman–Crippen LogP) is 5.09. The number of ether oxygens (including phenoxy) is 2. The monoisotopic (exact) mass is 596 g/mol. The fourth-order valence-electron chi connectivity index (χ4n) is 8.55. The maximum atomic E-state index is 13.5. The molecular weight excluding hydrogens is 561 g/mol. The van der Waals surface area contributed by atoms with Crippen molar-refractivity contribution in [2.75, 3.05) is 20.1 Å².